The van der Waals surface area contributed by atoms with Crippen LogP contribution >= 0.6 is 0 Å². The summed E-state index contributed by atoms with van der Waals surface area (Å²) in [7, 11) is 4.53. The molecule has 27 heavy (non-hydrogen) atoms. The van der Waals surface area contributed by atoms with Crippen LogP contribution in [0, 0.1) is 6.92 Å². The summed E-state index contributed by atoms with van der Waals surface area (Å²) in [4.78, 5) is 24.2. The molecule has 0 saturated carbocycles. The van der Waals surface area contributed by atoms with Crippen molar-refractivity contribution in [3.63, 3.8) is 0 Å². The van der Waals surface area contributed by atoms with Crippen LogP contribution in [0.1, 0.15) is 28.9 Å². The number of rotatable bonds is 9. The van der Waals surface area contributed by atoms with Crippen molar-refractivity contribution >= 4 is 5.91 Å². The van der Waals surface area contributed by atoms with Gasteiger partial charge >= 0.3 is 0 Å². The van der Waals surface area contributed by atoms with Crippen LogP contribution in [0.5, 0.6) is 17.2 Å². The molecule has 1 N–H and O–H groups in total. The van der Waals surface area contributed by atoms with Gasteiger partial charge in [0.25, 0.3) is 11.5 Å². The first-order valence-corrected chi connectivity index (χ1v) is 8.76. The Bertz CT molecular complexity index is 820. The zero-order chi connectivity index (χ0) is 19.8. The highest BCUT2D eigenvalue weighted by molar-refractivity contribution is 5.95. The van der Waals surface area contributed by atoms with Gasteiger partial charge in [0.05, 0.1) is 21.3 Å². The largest absolute Gasteiger partial charge is 0.493 e. The zero-order valence-electron chi connectivity index (χ0n) is 16.2. The molecule has 0 aliphatic heterocycles. The zero-order valence-corrected chi connectivity index (χ0v) is 16.2. The molecule has 0 atom stereocenters. The van der Waals surface area contributed by atoms with E-state index in [2.05, 4.69) is 5.32 Å². The van der Waals surface area contributed by atoms with E-state index in [1.165, 1.54) is 21.3 Å². The lowest BCUT2D eigenvalue weighted by molar-refractivity contribution is 0.0952. The van der Waals surface area contributed by atoms with Crippen LogP contribution in [0.3, 0.4) is 0 Å². The minimum Gasteiger partial charge on any atom is -0.493 e. The van der Waals surface area contributed by atoms with Crippen molar-refractivity contribution < 1.29 is 19.0 Å². The van der Waals surface area contributed by atoms with Crippen LogP contribution in [0.15, 0.2) is 35.1 Å². The van der Waals surface area contributed by atoms with Gasteiger partial charge in [-0.15, -0.1) is 0 Å². The summed E-state index contributed by atoms with van der Waals surface area (Å²) in [6.45, 7) is 3.05. The molecule has 2 aromatic rings. The van der Waals surface area contributed by atoms with E-state index in [4.69, 9.17) is 14.2 Å². The minimum atomic E-state index is -0.220. The van der Waals surface area contributed by atoms with E-state index < -0.39 is 0 Å². The van der Waals surface area contributed by atoms with Gasteiger partial charge in [-0.2, -0.15) is 0 Å². The first kappa shape index (κ1) is 20.4. The number of hydrogen-bond acceptors (Lipinski definition) is 5. The highest BCUT2D eigenvalue weighted by Crippen LogP contribution is 2.38. The van der Waals surface area contributed by atoms with E-state index in [0.29, 0.717) is 35.9 Å². The number of nitrogens with one attached hydrogen (secondary N) is 1. The predicted octanol–water partition coefficient (Wildman–Crippen LogP) is 2.39. The molecule has 0 fully saturated rings. The molecule has 0 aliphatic carbocycles. The number of amides is 1. The fourth-order valence-corrected chi connectivity index (χ4v) is 2.82. The van der Waals surface area contributed by atoms with Gasteiger partial charge < -0.3 is 24.1 Å². The molecule has 0 spiro atoms. The summed E-state index contributed by atoms with van der Waals surface area (Å²) in [5, 5.41) is 2.88. The third-order valence-corrected chi connectivity index (χ3v) is 4.29. The third-order valence-electron chi connectivity index (χ3n) is 4.29. The standard InChI is InChI=1S/C20H26N2O5/c1-14-8-7-9-18(23)22(14)11-6-5-10-21-20(24)15-12-16(25-2)19(27-4)17(13-15)26-3/h7-9,12-13H,5-6,10-11H2,1-4H3,(H,21,24). The fraction of sp³-hybridized carbons (Fsp3) is 0.400. The summed E-state index contributed by atoms with van der Waals surface area (Å²) >= 11 is 0. The van der Waals surface area contributed by atoms with Crippen molar-refractivity contribution in [1.82, 2.24) is 9.88 Å². The number of aryl methyl sites for hydroxylation is 1. The van der Waals surface area contributed by atoms with Crippen molar-refractivity contribution in [1.29, 1.82) is 0 Å². The second kappa shape index (κ2) is 9.66. The maximum Gasteiger partial charge on any atom is 0.251 e. The van der Waals surface area contributed by atoms with Crippen LogP contribution in [0.25, 0.3) is 0 Å². The van der Waals surface area contributed by atoms with Gasteiger partial charge in [-0.3, -0.25) is 9.59 Å². The molecule has 7 nitrogen and oxygen atoms in total. The monoisotopic (exact) mass is 374 g/mol. The summed E-state index contributed by atoms with van der Waals surface area (Å²) in [6, 6.07) is 8.45. The Morgan fingerprint density at radius 3 is 2.26 bits per heavy atom. The first-order valence-electron chi connectivity index (χ1n) is 8.76. The van der Waals surface area contributed by atoms with Gasteiger partial charge in [-0.25, -0.2) is 0 Å². The molecule has 0 aliphatic rings. The van der Waals surface area contributed by atoms with Crippen molar-refractivity contribution in [3.8, 4) is 17.2 Å². The molecule has 1 aromatic carbocycles. The number of pyridine rings is 1. The molecule has 146 valence electrons. The minimum absolute atomic E-state index is 0.00328. The average molecular weight is 374 g/mol. The Labute approximate surface area is 158 Å². The molecule has 0 unspecified atom stereocenters. The highest BCUT2D eigenvalue weighted by atomic mass is 16.5. The summed E-state index contributed by atoms with van der Waals surface area (Å²) in [5.74, 6) is 1.09. The smallest absolute Gasteiger partial charge is 0.251 e. The predicted molar refractivity (Wildman–Crippen MR) is 103 cm³/mol. The van der Waals surface area contributed by atoms with Crippen molar-refractivity contribution in [2.45, 2.75) is 26.3 Å². The Morgan fingerprint density at radius 1 is 1.04 bits per heavy atom. The van der Waals surface area contributed by atoms with Crippen LogP contribution in [-0.4, -0.2) is 38.3 Å². The summed E-state index contributed by atoms with van der Waals surface area (Å²) in [6.07, 6.45) is 1.55. The molecule has 0 saturated heterocycles. The van der Waals surface area contributed by atoms with Gasteiger partial charge in [0, 0.05) is 30.4 Å². The van der Waals surface area contributed by atoms with Crippen molar-refractivity contribution in [3.05, 3.63) is 51.9 Å². The Hall–Kier alpha value is -2.96. The lowest BCUT2D eigenvalue weighted by Crippen LogP contribution is -2.25. The first-order chi connectivity index (χ1) is 13.0. The topological polar surface area (TPSA) is 78.8 Å². The van der Waals surface area contributed by atoms with Crippen LogP contribution in [-0.2, 0) is 6.54 Å². The number of unbranched alkanes of at least 4 members (excludes halogenated alkanes) is 1. The lowest BCUT2D eigenvalue weighted by Gasteiger charge is -2.14. The van der Waals surface area contributed by atoms with Crippen molar-refractivity contribution in [2.24, 2.45) is 0 Å². The molecular weight excluding hydrogens is 348 g/mol. The number of carbonyl (C=O) groups excluding carboxylic acids is 1. The number of carbonyl (C=O) groups is 1. The maximum atomic E-state index is 12.4. The van der Waals surface area contributed by atoms with E-state index in [1.807, 2.05) is 13.0 Å². The number of methoxy groups -OCH3 is 3. The number of benzene rings is 1. The van der Waals surface area contributed by atoms with Crippen LogP contribution in [0.2, 0.25) is 0 Å². The Kier molecular flexibility index (Phi) is 7.28. The van der Waals surface area contributed by atoms with Crippen LogP contribution in [0.4, 0.5) is 0 Å². The quantitative estimate of drug-likeness (QED) is 0.682. The SMILES string of the molecule is COc1cc(C(=O)NCCCCn2c(C)cccc2=O)cc(OC)c1OC. The number of ether oxygens (including phenoxy) is 3. The van der Waals surface area contributed by atoms with E-state index in [0.717, 1.165) is 18.5 Å². The van der Waals surface area contributed by atoms with Gasteiger partial charge in [-0.1, -0.05) is 6.07 Å². The van der Waals surface area contributed by atoms with Gasteiger partial charge in [0.1, 0.15) is 0 Å². The van der Waals surface area contributed by atoms with Crippen LogP contribution < -0.4 is 25.1 Å². The maximum absolute atomic E-state index is 12.4. The molecule has 7 heteroatoms. The number of hydrogen-bond donors (Lipinski definition) is 1. The normalized spacial score (nSPS) is 10.4. The number of aromatic nitrogens is 1. The van der Waals surface area contributed by atoms with E-state index >= 15 is 0 Å². The second-order valence-electron chi connectivity index (χ2n) is 6.03. The van der Waals surface area contributed by atoms with Gasteiger partial charge in [0.15, 0.2) is 11.5 Å². The molecule has 1 heterocycles. The average Bonchev–Trinajstić information content (AvgIpc) is 2.68. The fourth-order valence-electron chi connectivity index (χ4n) is 2.82. The second-order valence-corrected chi connectivity index (χ2v) is 6.03. The highest BCUT2D eigenvalue weighted by Gasteiger charge is 2.16. The molecule has 1 amide bonds. The summed E-state index contributed by atoms with van der Waals surface area (Å²) in [5.41, 5.74) is 1.36. The Balaban J connectivity index is 1.91. The lowest BCUT2D eigenvalue weighted by atomic mass is 10.1. The third kappa shape index (κ3) is 5.03. The van der Waals surface area contributed by atoms with Crippen molar-refractivity contribution in [2.75, 3.05) is 27.9 Å². The van der Waals surface area contributed by atoms with E-state index in [1.54, 1.807) is 28.8 Å². The molecule has 0 radical (unpaired) electrons. The van der Waals surface area contributed by atoms with Gasteiger partial charge in [-0.05, 0) is 38.0 Å². The molecule has 0 bridgehead atoms. The summed E-state index contributed by atoms with van der Waals surface area (Å²) < 4.78 is 17.5. The Morgan fingerprint density at radius 2 is 1.70 bits per heavy atom. The van der Waals surface area contributed by atoms with E-state index in [9.17, 15) is 9.59 Å². The molecule has 2 rings (SSSR count). The molecule has 1 aromatic heterocycles. The van der Waals surface area contributed by atoms with E-state index in [-0.39, 0.29) is 11.5 Å². The number of nitrogens with zero attached hydrogens (tertiary/aromatic N) is 1. The van der Waals surface area contributed by atoms with Gasteiger partial charge in [0.2, 0.25) is 5.75 Å². The molecular formula is C20H26N2O5.